The summed E-state index contributed by atoms with van der Waals surface area (Å²) in [4.78, 5) is 19.7. The van der Waals surface area contributed by atoms with Crippen LogP contribution in [0.2, 0.25) is 0 Å². The van der Waals surface area contributed by atoms with E-state index in [2.05, 4.69) is 27.2 Å². The number of nitrogens with one attached hydrogen (secondary N) is 2. The largest absolute Gasteiger partial charge is 0.412 e. The lowest BCUT2D eigenvalue weighted by molar-refractivity contribution is -0.0932. The minimum atomic E-state index is -4.46. The molecule has 1 fully saturated rings. The van der Waals surface area contributed by atoms with Gasteiger partial charge in [0.2, 0.25) is 5.95 Å². The third-order valence-corrected chi connectivity index (χ3v) is 4.20. The summed E-state index contributed by atoms with van der Waals surface area (Å²) in [5.41, 5.74) is 4.38. The molecule has 1 aromatic heterocycles. The minimum Gasteiger partial charge on any atom is -0.393 e. The summed E-state index contributed by atoms with van der Waals surface area (Å²) in [7, 11) is 0. The number of aliphatic hydroxyl groups excluding tert-OH is 1. The van der Waals surface area contributed by atoms with Gasteiger partial charge in [-0.05, 0) is 32.1 Å². The predicted molar refractivity (Wildman–Crippen MR) is 90.7 cm³/mol. The number of aromatic nitrogens is 2. The molecule has 0 aromatic carbocycles. The van der Waals surface area contributed by atoms with E-state index in [0.717, 1.165) is 12.8 Å². The molecule has 0 aliphatic heterocycles. The molecule has 0 bridgehead atoms. The van der Waals surface area contributed by atoms with Gasteiger partial charge in [-0.1, -0.05) is 6.58 Å². The number of carbonyl (C=O) groups excluding carboxylic acids is 1. The maximum Gasteiger partial charge on any atom is 0.412 e. The second kappa shape index (κ2) is 8.35. The standard InChI is InChI=1S/C16H22F3N5O2/c1-9(16(17,18)19)6-7-21-14-12(13(20)26)8-22-15(24-14)23-10-2-4-11(25)5-3-10/h8,10-11,25H,1-7H2,(H2,20,26)(H2,21,22,23,24)/t10-,11-. The van der Waals surface area contributed by atoms with Crippen LogP contribution >= 0.6 is 0 Å². The van der Waals surface area contributed by atoms with Crippen LogP contribution in [-0.4, -0.2) is 45.8 Å². The van der Waals surface area contributed by atoms with E-state index in [-0.39, 0.29) is 42.4 Å². The Kier molecular flexibility index (Phi) is 6.41. The van der Waals surface area contributed by atoms with Crippen molar-refractivity contribution in [2.45, 2.75) is 50.4 Å². The van der Waals surface area contributed by atoms with E-state index in [1.165, 1.54) is 6.20 Å². The summed E-state index contributed by atoms with van der Waals surface area (Å²) in [6.45, 7) is 2.89. The molecule has 0 radical (unpaired) electrons. The van der Waals surface area contributed by atoms with Crippen LogP contribution < -0.4 is 16.4 Å². The summed E-state index contributed by atoms with van der Waals surface area (Å²) >= 11 is 0. The lowest BCUT2D eigenvalue weighted by Gasteiger charge is -2.26. The van der Waals surface area contributed by atoms with Gasteiger partial charge in [0.05, 0.1) is 11.7 Å². The Hall–Kier alpha value is -2.36. The minimum absolute atomic E-state index is 0.00719. The van der Waals surface area contributed by atoms with Crippen molar-refractivity contribution >= 4 is 17.7 Å². The Morgan fingerprint density at radius 2 is 2.00 bits per heavy atom. The molecule has 1 heterocycles. The Morgan fingerprint density at radius 1 is 1.35 bits per heavy atom. The van der Waals surface area contributed by atoms with Crippen molar-refractivity contribution in [1.29, 1.82) is 0 Å². The highest BCUT2D eigenvalue weighted by Crippen LogP contribution is 2.26. The average molecular weight is 373 g/mol. The summed E-state index contributed by atoms with van der Waals surface area (Å²) < 4.78 is 37.4. The molecule has 1 amide bonds. The number of halogens is 3. The third kappa shape index (κ3) is 5.58. The zero-order chi connectivity index (χ0) is 19.3. The van der Waals surface area contributed by atoms with Gasteiger partial charge in [-0.2, -0.15) is 18.2 Å². The van der Waals surface area contributed by atoms with Crippen LogP contribution in [-0.2, 0) is 0 Å². The highest BCUT2D eigenvalue weighted by atomic mass is 19.4. The summed E-state index contributed by atoms with van der Waals surface area (Å²) in [6, 6.07) is 0.0793. The van der Waals surface area contributed by atoms with Gasteiger partial charge in [-0.25, -0.2) is 4.98 Å². The first-order chi connectivity index (χ1) is 12.2. The van der Waals surface area contributed by atoms with E-state index in [4.69, 9.17) is 5.73 Å². The number of nitrogens with two attached hydrogens (primary N) is 1. The van der Waals surface area contributed by atoms with Crippen molar-refractivity contribution in [2.75, 3.05) is 17.2 Å². The van der Waals surface area contributed by atoms with Crippen LogP contribution in [0, 0.1) is 0 Å². The molecule has 10 heteroatoms. The van der Waals surface area contributed by atoms with E-state index in [9.17, 15) is 23.1 Å². The smallest absolute Gasteiger partial charge is 0.393 e. The van der Waals surface area contributed by atoms with Gasteiger partial charge in [-0.15, -0.1) is 0 Å². The number of hydrogen-bond acceptors (Lipinski definition) is 6. The summed E-state index contributed by atoms with van der Waals surface area (Å²) in [5, 5.41) is 15.3. The van der Waals surface area contributed by atoms with Crippen molar-refractivity contribution in [3.8, 4) is 0 Å². The molecule has 7 nitrogen and oxygen atoms in total. The van der Waals surface area contributed by atoms with E-state index in [1.807, 2.05) is 0 Å². The molecule has 0 spiro atoms. The fourth-order valence-electron chi connectivity index (χ4n) is 2.64. The Balaban J connectivity index is 2.03. The Morgan fingerprint density at radius 3 is 2.58 bits per heavy atom. The molecule has 1 aliphatic carbocycles. The first-order valence-electron chi connectivity index (χ1n) is 8.27. The van der Waals surface area contributed by atoms with Crippen LogP contribution in [0.15, 0.2) is 18.3 Å². The highest BCUT2D eigenvalue weighted by Gasteiger charge is 2.31. The third-order valence-electron chi connectivity index (χ3n) is 4.20. The van der Waals surface area contributed by atoms with Crippen LogP contribution in [0.1, 0.15) is 42.5 Å². The molecule has 0 saturated heterocycles. The van der Waals surface area contributed by atoms with Crippen molar-refractivity contribution < 1.29 is 23.1 Å². The topological polar surface area (TPSA) is 113 Å². The number of anilines is 2. The van der Waals surface area contributed by atoms with Gasteiger partial charge in [0.15, 0.2) is 0 Å². The number of hydrogen-bond donors (Lipinski definition) is 4. The molecule has 1 saturated carbocycles. The number of amides is 1. The van der Waals surface area contributed by atoms with Gasteiger partial charge < -0.3 is 21.5 Å². The molecule has 26 heavy (non-hydrogen) atoms. The number of rotatable bonds is 7. The van der Waals surface area contributed by atoms with Crippen LogP contribution in [0.25, 0.3) is 0 Å². The number of alkyl halides is 3. The monoisotopic (exact) mass is 373 g/mol. The van der Waals surface area contributed by atoms with E-state index < -0.39 is 17.7 Å². The normalized spacial score (nSPS) is 20.5. The van der Waals surface area contributed by atoms with Gasteiger partial charge in [-0.3, -0.25) is 4.79 Å². The molecule has 5 N–H and O–H groups in total. The molecule has 2 rings (SSSR count). The van der Waals surface area contributed by atoms with Crippen molar-refractivity contribution in [3.63, 3.8) is 0 Å². The highest BCUT2D eigenvalue weighted by molar-refractivity contribution is 5.97. The fourth-order valence-corrected chi connectivity index (χ4v) is 2.64. The van der Waals surface area contributed by atoms with Crippen LogP contribution in [0.5, 0.6) is 0 Å². The van der Waals surface area contributed by atoms with Gasteiger partial charge in [0.25, 0.3) is 5.91 Å². The molecular weight excluding hydrogens is 351 g/mol. The summed E-state index contributed by atoms with van der Waals surface area (Å²) in [5.74, 6) is -0.469. The number of nitrogens with zero attached hydrogens (tertiary/aromatic N) is 2. The first kappa shape index (κ1) is 20.0. The number of aliphatic hydroxyl groups is 1. The average Bonchev–Trinajstić information content (AvgIpc) is 2.56. The maximum absolute atomic E-state index is 12.5. The van der Waals surface area contributed by atoms with E-state index >= 15 is 0 Å². The Bertz CT molecular complexity index is 658. The molecular formula is C16H22F3N5O2. The summed E-state index contributed by atoms with van der Waals surface area (Å²) in [6.07, 6.45) is -1.05. The van der Waals surface area contributed by atoms with E-state index in [1.54, 1.807) is 0 Å². The second-order valence-corrected chi connectivity index (χ2v) is 6.25. The predicted octanol–water partition coefficient (Wildman–Crippen LogP) is 2.21. The molecule has 0 unspecified atom stereocenters. The molecule has 1 aliphatic rings. The lowest BCUT2D eigenvalue weighted by atomic mass is 9.93. The van der Waals surface area contributed by atoms with E-state index in [0.29, 0.717) is 12.8 Å². The zero-order valence-corrected chi connectivity index (χ0v) is 14.1. The first-order valence-corrected chi connectivity index (χ1v) is 8.27. The number of carbonyl (C=O) groups is 1. The van der Waals surface area contributed by atoms with Crippen molar-refractivity contribution in [1.82, 2.24) is 9.97 Å². The van der Waals surface area contributed by atoms with Gasteiger partial charge in [0.1, 0.15) is 5.82 Å². The second-order valence-electron chi connectivity index (χ2n) is 6.25. The number of primary amides is 1. The lowest BCUT2D eigenvalue weighted by Crippen LogP contribution is -2.29. The molecule has 144 valence electrons. The van der Waals surface area contributed by atoms with Crippen LogP contribution in [0.4, 0.5) is 24.9 Å². The van der Waals surface area contributed by atoms with Gasteiger partial charge in [0, 0.05) is 24.4 Å². The quantitative estimate of drug-likeness (QED) is 0.545. The van der Waals surface area contributed by atoms with Crippen LogP contribution in [0.3, 0.4) is 0 Å². The maximum atomic E-state index is 12.5. The SMILES string of the molecule is C=C(CCNc1nc(N[C@H]2CC[C@H](O)CC2)ncc1C(N)=O)C(F)(F)F. The van der Waals surface area contributed by atoms with Crippen molar-refractivity contribution in [3.05, 3.63) is 23.9 Å². The van der Waals surface area contributed by atoms with Gasteiger partial charge >= 0.3 is 6.18 Å². The van der Waals surface area contributed by atoms with Crippen molar-refractivity contribution in [2.24, 2.45) is 5.73 Å². The molecule has 1 aromatic rings. The Labute approximate surface area is 148 Å². The zero-order valence-electron chi connectivity index (χ0n) is 14.1. The molecule has 0 atom stereocenters. The fraction of sp³-hybridized carbons (Fsp3) is 0.562.